The van der Waals surface area contributed by atoms with Gasteiger partial charge in [-0.3, -0.25) is 4.72 Å². The molecule has 0 aliphatic carbocycles. The molecule has 0 aliphatic heterocycles. The van der Waals surface area contributed by atoms with E-state index in [0.29, 0.717) is 11.6 Å². The van der Waals surface area contributed by atoms with E-state index in [4.69, 9.17) is 9.15 Å². The van der Waals surface area contributed by atoms with E-state index in [0.717, 1.165) is 10.4 Å². The fourth-order valence-corrected chi connectivity index (χ4v) is 4.55. The van der Waals surface area contributed by atoms with Gasteiger partial charge in [-0.05, 0) is 55.6 Å². The van der Waals surface area contributed by atoms with Crippen LogP contribution in [0.15, 0.2) is 75.4 Å². The lowest BCUT2D eigenvalue weighted by atomic mass is 10.2. The van der Waals surface area contributed by atoms with Gasteiger partial charge in [-0.25, -0.2) is 13.2 Å². The van der Waals surface area contributed by atoms with E-state index >= 15 is 0 Å². The summed E-state index contributed by atoms with van der Waals surface area (Å²) in [6.45, 7) is 3.51. The zero-order valence-electron chi connectivity index (χ0n) is 17.2. The molecule has 2 aromatic carbocycles. The first kappa shape index (κ1) is 21.7. The summed E-state index contributed by atoms with van der Waals surface area (Å²) in [5, 5.41) is 9.79. The van der Waals surface area contributed by atoms with E-state index in [9.17, 15) is 13.2 Å². The Labute approximate surface area is 188 Å². The highest BCUT2D eigenvalue weighted by atomic mass is 32.2. The number of hydrogen-bond donors (Lipinski definition) is 1. The Morgan fingerprint density at radius 3 is 2.59 bits per heavy atom. The molecule has 0 amide bonds. The largest absolute Gasteiger partial charge is 0.449 e. The fourth-order valence-electron chi connectivity index (χ4n) is 2.80. The van der Waals surface area contributed by atoms with Gasteiger partial charge < -0.3 is 9.15 Å². The van der Waals surface area contributed by atoms with Crippen LogP contribution in [0.25, 0.3) is 10.8 Å². The molecular formula is C22H19N3O5S2. The van der Waals surface area contributed by atoms with Crippen LogP contribution in [0.4, 0.5) is 5.69 Å². The zero-order valence-corrected chi connectivity index (χ0v) is 18.8. The molecule has 4 rings (SSSR count). The maximum absolute atomic E-state index is 12.7. The summed E-state index contributed by atoms with van der Waals surface area (Å²) in [5.74, 6) is -0.222. The number of esters is 1. The van der Waals surface area contributed by atoms with Crippen LogP contribution in [0.2, 0.25) is 0 Å². The van der Waals surface area contributed by atoms with Gasteiger partial charge in [0.1, 0.15) is 0 Å². The minimum absolute atomic E-state index is 0.0575. The fraction of sp³-hybridized carbons (Fsp3) is 0.136. The lowest BCUT2D eigenvalue weighted by molar-refractivity contribution is 0.0279. The van der Waals surface area contributed by atoms with Gasteiger partial charge in [0, 0.05) is 5.69 Å². The third-order valence-corrected chi connectivity index (χ3v) is 6.72. The van der Waals surface area contributed by atoms with E-state index in [1.807, 2.05) is 24.4 Å². The number of hydrogen-bond acceptors (Lipinski definition) is 8. The smallest absolute Gasteiger partial charge is 0.338 e. The van der Waals surface area contributed by atoms with E-state index in [2.05, 4.69) is 14.9 Å². The number of ether oxygens (including phenoxy) is 1. The number of aromatic nitrogens is 2. The van der Waals surface area contributed by atoms with Crippen molar-refractivity contribution in [1.29, 1.82) is 0 Å². The monoisotopic (exact) mass is 469 g/mol. The molecule has 10 heteroatoms. The van der Waals surface area contributed by atoms with Crippen LogP contribution in [0, 0.1) is 6.92 Å². The molecule has 0 bridgehead atoms. The van der Waals surface area contributed by atoms with Crippen LogP contribution in [0.5, 0.6) is 0 Å². The Hall–Kier alpha value is -3.50. The molecule has 8 nitrogen and oxygen atoms in total. The first-order valence-electron chi connectivity index (χ1n) is 9.59. The summed E-state index contributed by atoms with van der Waals surface area (Å²) in [4.78, 5) is 13.4. The summed E-state index contributed by atoms with van der Waals surface area (Å²) in [7, 11) is -3.88. The summed E-state index contributed by atoms with van der Waals surface area (Å²) in [6, 6.07) is 16.3. The molecule has 2 aromatic heterocycles. The summed E-state index contributed by atoms with van der Waals surface area (Å²) in [5.41, 5.74) is 1.52. The molecule has 1 atom stereocenters. The Morgan fingerprint density at radius 2 is 1.88 bits per heavy atom. The number of carbonyl (C=O) groups excluding carboxylic acids is 1. The molecule has 1 unspecified atom stereocenters. The van der Waals surface area contributed by atoms with Crippen molar-refractivity contribution in [1.82, 2.24) is 10.2 Å². The quantitative estimate of drug-likeness (QED) is 0.386. The molecular weight excluding hydrogens is 450 g/mol. The van der Waals surface area contributed by atoms with Crippen molar-refractivity contribution in [2.24, 2.45) is 0 Å². The predicted molar refractivity (Wildman–Crippen MR) is 120 cm³/mol. The van der Waals surface area contributed by atoms with E-state index in [1.165, 1.54) is 35.6 Å². The topological polar surface area (TPSA) is 111 Å². The van der Waals surface area contributed by atoms with Crippen molar-refractivity contribution in [2.45, 2.75) is 24.8 Å². The van der Waals surface area contributed by atoms with Crippen molar-refractivity contribution in [3.05, 3.63) is 83.1 Å². The highest BCUT2D eigenvalue weighted by Gasteiger charge is 2.22. The number of aryl methyl sites for hydroxylation is 1. The van der Waals surface area contributed by atoms with Crippen LogP contribution >= 0.6 is 11.3 Å². The minimum Gasteiger partial charge on any atom is -0.449 e. The Bertz CT molecular complexity index is 1330. The summed E-state index contributed by atoms with van der Waals surface area (Å²) >= 11 is 1.45. The number of nitrogens with zero attached hydrogens (tertiary/aromatic N) is 2. The second kappa shape index (κ2) is 8.93. The standard InChI is InChI=1S/C22H19N3O5S2/c1-14-8-10-17(11-9-14)25-32(27,28)18-6-3-5-16(13-18)22(26)29-15(2)20-23-24-21(30-20)19-7-4-12-31-19/h3-13,15,25H,1-2H3. The van der Waals surface area contributed by atoms with Crippen molar-refractivity contribution >= 4 is 33.0 Å². The first-order chi connectivity index (χ1) is 15.3. The molecule has 0 saturated carbocycles. The maximum atomic E-state index is 12.7. The SMILES string of the molecule is Cc1ccc(NS(=O)(=O)c2cccc(C(=O)OC(C)c3nnc(-c4cccs4)o3)c2)cc1. The average Bonchev–Trinajstić information content (AvgIpc) is 3.47. The lowest BCUT2D eigenvalue weighted by Crippen LogP contribution is -2.15. The van der Waals surface area contributed by atoms with Crippen molar-refractivity contribution in [3.8, 4) is 10.8 Å². The molecule has 2 heterocycles. The van der Waals surface area contributed by atoms with Gasteiger partial charge in [-0.1, -0.05) is 29.8 Å². The number of nitrogens with one attached hydrogen (secondary N) is 1. The molecule has 164 valence electrons. The van der Waals surface area contributed by atoms with E-state index in [-0.39, 0.29) is 16.3 Å². The Morgan fingerprint density at radius 1 is 1.09 bits per heavy atom. The molecule has 0 radical (unpaired) electrons. The Balaban J connectivity index is 1.47. The number of sulfonamides is 1. The third-order valence-electron chi connectivity index (χ3n) is 4.49. The number of anilines is 1. The second-order valence-corrected chi connectivity index (χ2v) is 9.60. The maximum Gasteiger partial charge on any atom is 0.338 e. The second-order valence-electron chi connectivity index (χ2n) is 6.97. The van der Waals surface area contributed by atoms with Crippen molar-refractivity contribution in [2.75, 3.05) is 4.72 Å². The van der Waals surface area contributed by atoms with Gasteiger partial charge >= 0.3 is 5.97 Å². The number of rotatable bonds is 7. The zero-order chi connectivity index (χ0) is 22.7. The highest BCUT2D eigenvalue weighted by Crippen LogP contribution is 2.26. The van der Waals surface area contributed by atoms with Gasteiger partial charge in [-0.15, -0.1) is 21.5 Å². The number of thiophene rings is 1. The van der Waals surface area contributed by atoms with Crippen LogP contribution in [0.3, 0.4) is 0 Å². The molecule has 0 saturated heterocycles. The van der Waals surface area contributed by atoms with E-state index in [1.54, 1.807) is 31.2 Å². The number of carbonyl (C=O) groups is 1. The average molecular weight is 470 g/mol. The molecule has 0 aliphatic rings. The van der Waals surface area contributed by atoms with Gasteiger partial charge in [0.15, 0.2) is 6.10 Å². The van der Waals surface area contributed by atoms with Crippen LogP contribution in [-0.2, 0) is 14.8 Å². The minimum atomic E-state index is -3.88. The van der Waals surface area contributed by atoms with Gasteiger partial charge in [0.2, 0.25) is 0 Å². The van der Waals surface area contributed by atoms with Crippen molar-refractivity contribution in [3.63, 3.8) is 0 Å². The van der Waals surface area contributed by atoms with Gasteiger partial charge in [0.25, 0.3) is 21.8 Å². The normalized spacial score (nSPS) is 12.3. The summed E-state index contributed by atoms with van der Waals surface area (Å²) < 4.78 is 38.9. The molecule has 0 spiro atoms. The molecule has 4 aromatic rings. The van der Waals surface area contributed by atoms with Crippen LogP contribution in [-0.4, -0.2) is 24.6 Å². The molecule has 0 fully saturated rings. The van der Waals surface area contributed by atoms with E-state index < -0.39 is 22.1 Å². The molecule has 1 N–H and O–H groups in total. The first-order valence-corrected chi connectivity index (χ1v) is 12.0. The lowest BCUT2D eigenvalue weighted by Gasteiger charge is -2.11. The predicted octanol–water partition coefficient (Wildman–Crippen LogP) is 4.83. The van der Waals surface area contributed by atoms with Gasteiger partial charge in [-0.2, -0.15) is 0 Å². The Kier molecular flexibility index (Phi) is 6.06. The van der Waals surface area contributed by atoms with Crippen LogP contribution in [0.1, 0.15) is 34.8 Å². The van der Waals surface area contributed by atoms with Crippen molar-refractivity contribution < 1.29 is 22.4 Å². The van der Waals surface area contributed by atoms with Gasteiger partial charge in [0.05, 0.1) is 15.3 Å². The molecule has 32 heavy (non-hydrogen) atoms. The van der Waals surface area contributed by atoms with Crippen LogP contribution < -0.4 is 4.72 Å². The third kappa shape index (κ3) is 4.87. The summed E-state index contributed by atoms with van der Waals surface area (Å²) in [6.07, 6.45) is -0.811. The number of benzene rings is 2. The highest BCUT2D eigenvalue weighted by molar-refractivity contribution is 7.92.